The summed E-state index contributed by atoms with van der Waals surface area (Å²) in [5, 5.41) is 0.328. The van der Waals surface area contributed by atoms with E-state index in [4.69, 9.17) is 4.43 Å². The van der Waals surface area contributed by atoms with Crippen molar-refractivity contribution in [3.05, 3.63) is 13.2 Å². The first-order valence-electron chi connectivity index (χ1n) is 9.77. The van der Waals surface area contributed by atoms with Crippen LogP contribution in [-0.4, -0.2) is 18.8 Å². The molecule has 0 aliphatic heterocycles. The fourth-order valence-electron chi connectivity index (χ4n) is 4.90. The van der Waals surface area contributed by atoms with Gasteiger partial charge >= 0.3 is 0 Å². The van der Waals surface area contributed by atoms with Crippen molar-refractivity contribution in [2.24, 2.45) is 23.2 Å². The fraction of sp³-hybridized carbons (Fsp3) is 0.905. The van der Waals surface area contributed by atoms with Gasteiger partial charge in [0.1, 0.15) is 0 Å². The predicted molar refractivity (Wildman–Crippen MR) is 120 cm³/mol. The molecule has 0 unspecified atom stereocenters. The Labute approximate surface area is 166 Å². The molecule has 2 fully saturated rings. The summed E-state index contributed by atoms with van der Waals surface area (Å²) in [6.45, 7) is 23.0. The number of rotatable bonds is 4. The van der Waals surface area contributed by atoms with Gasteiger partial charge in [-0.3, -0.25) is 0 Å². The Kier molecular flexibility index (Phi) is 8.09. The van der Waals surface area contributed by atoms with Crippen LogP contribution in [0.15, 0.2) is 13.2 Å². The second-order valence-corrected chi connectivity index (χ2v) is 15.4. The van der Waals surface area contributed by atoms with Gasteiger partial charge in [-0.25, -0.2) is 0 Å². The third-order valence-corrected chi connectivity index (χ3v) is 13.2. The molecule has 2 saturated carbocycles. The number of hydrogen-bond donors (Lipinski definition) is 0. The minimum atomic E-state index is -1.64. The Morgan fingerprint density at radius 1 is 1.21 bits per heavy atom. The maximum atomic E-state index is 6.92. The summed E-state index contributed by atoms with van der Waals surface area (Å²) in [4.78, 5) is 0. The van der Waals surface area contributed by atoms with Crippen molar-refractivity contribution in [1.29, 1.82) is 0 Å². The van der Waals surface area contributed by atoms with Crippen LogP contribution in [-0.2, 0) is 4.43 Å². The molecule has 1 nitrogen and oxygen atoms in total. The van der Waals surface area contributed by atoms with Gasteiger partial charge in [0.25, 0.3) is 0 Å². The Balaban J connectivity index is 0.00000139. The van der Waals surface area contributed by atoms with Gasteiger partial charge in [0.15, 0.2) is 8.32 Å². The molecule has 24 heavy (non-hydrogen) atoms. The number of halogens is 1. The van der Waals surface area contributed by atoms with E-state index in [1.165, 1.54) is 36.5 Å². The molecule has 0 saturated heterocycles. The highest BCUT2D eigenvalue weighted by Gasteiger charge is 2.54. The molecule has 3 heteroatoms. The second-order valence-electron chi connectivity index (χ2n) is 9.74. The van der Waals surface area contributed by atoms with Crippen molar-refractivity contribution in [3.63, 3.8) is 0 Å². The summed E-state index contributed by atoms with van der Waals surface area (Å²) in [6, 6.07) is 0. The average molecular weight is 465 g/mol. The topological polar surface area (TPSA) is 9.23 Å². The Morgan fingerprint density at radius 2 is 1.79 bits per heavy atom. The lowest BCUT2D eigenvalue weighted by Gasteiger charge is -2.49. The van der Waals surface area contributed by atoms with Crippen LogP contribution < -0.4 is 0 Å². The van der Waals surface area contributed by atoms with Gasteiger partial charge in [-0.2, -0.15) is 0 Å². The normalized spacial score (nSPS) is 34.9. The molecule has 2 aliphatic carbocycles. The lowest BCUT2D eigenvalue weighted by atomic mass is 9.62. The quantitative estimate of drug-likeness (QED) is 0.182. The SMILES string of the molecule is C=C.C[C@@H](CI)[C@H]1CC[C@H]2[C@@H](O[Si](C)(C)C(C)(C)C)CCC[C@]12C. The predicted octanol–water partition coefficient (Wildman–Crippen LogP) is 7.47. The van der Waals surface area contributed by atoms with E-state index < -0.39 is 8.32 Å². The summed E-state index contributed by atoms with van der Waals surface area (Å²) in [5.74, 6) is 2.59. The Bertz CT molecular complexity index is 403. The van der Waals surface area contributed by atoms with E-state index in [2.05, 4.69) is 83.5 Å². The first-order valence-corrected chi connectivity index (χ1v) is 14.2. The highest BCUT2D eigenvalue weighted by atomic mass is 127. The molecule has 0 N–H and O–H groups in total. The van der Waals surface area contributed by atoms with Crippen molar-refractivity contribution in [2.45, 2.75) is 91.0 Å². The minimum absolute atomic E-state index is 0.328. The van der Waals surface area contributed by atoms with Crippen molar-refractivity contribution in [1.82, 2.24) is 0 Å². The minimum Gasteiger partial charge on any atom is -0.414 e. The molecular weight excluding hydrogens is 423 g/mol. The standard InChI is InChI=1S/C19H37IOSi.C2H4/c1-14(13-20)15-10-11-16-17(9-8-12-19(15,16)5)21-22(6,7)18(2,3)4;1-2/h14-17H,8-13H2,1-7H3;1-2H2/t14-,15+,16-,17-,19+;/m0./s1. The molecule has 0 aromatic carbocycles. The van der Waals surface area contributed by atoms with E-state index >= 15 is 0 Å². The summed E-state index contributed by atoms with van der Waals surface area (Å²) in [7, 11) is -1.64. The first-order chi connectivity index (χ1) is 11.0. The van der Waals surface area contributed by atoms with Crippen LogP contribution in [0.2, 0.25) is 18.1 Å². The highest BCUT2D eigenvalue weighted by Crippen LogP contribution is 2.59. The van der Waals surface area contributed by atoms with Gasteiger partial charge < -0.3 is 4.43 Å². The third kappa shape index (κ3) is 4.48. The molecule has 0 bridgehead atoms. The third-order valence-electron chi connectivity index (χ3n) is 7.32. The zero-order chi connectivity index (χ0) is 18.8. The zero-order valence-corrected chi connectivity index (χ0v) is 20.4. The molecule has 0 aromatic rings. The van der Waals surface area contributed by atoms with Crippen LogP contribution in [0.4, 0.5) is 0 Å². The molecule has 5 atom stereocenters. The van der Waals surface area contributed by atoms with E-state index in [0.29, 0.717) is 16.6 Å². The van der Waals surface area contributed by atoms with Crippen molar-refractivity contribution < 1.29 is 4.43 Å². The summed E-state index contributed by atoms with van der Waals surface area (Å²) >= 11 is 2.59. The number of alkyl halides is 1. The number of hydrogen-bond acceptors (Lipinski definition) is 1. The van der Waals surface area contributed by atoms with Gasteiger partial charge in [0, 0.05) is 10.5 Å². The highest BCUT2D eigenvalue weighted by molar-refractivity contribution is 14.1. The summed E-state index contributed by atoms with van der Waals surface area (Å²) in [6.07, 6.45) is 7.48. The van der Waals surface area contributed by atoms with Crippen molar-refractivity contribution >= 4 is 30.9 Å². The van der Waals surface area contributed by atoms with E-state index in [1.54, 1.807) is 0 Å². The Morgan fingerprint density at radius 3 is 2.29 bits per heavy atom. The van der Waals surface area contributed by atoms with Gasteiger partial charge in [-0.15, -0.1) is 13.2 Å². The molecule has 0 spiro atoms. The Hall–Kier alpha value is 0.647. The van der Waals surface area contributed by atoms with E-state index in [9.17, 15) is 0 Å². The molecule has 142 valence electrons. The van der Waals surface area contributed by atoms with Crippen molar-refractivity contribution in [2.75, 3.05) is 4.43 Å². The molecule has 0 radical (unpaired) electrons. The van der Waals surface area contributed by atoms with Crippen LogP contribution >= 0.6 is 22.6 Å². The van der Waals surface area contributed by atoms with E-state index in [0.717, 1.165) is 17.8 Å². The molecular formula is C21H41IOSi. The molecule has 2 rings (SSSR count). The number of fused-ring (bicyclic) bond motifs is 1. The van der Waals surface area contributed by atoms with E-state index in [-0.39, 0.29) is 0 Å². The van der Waals surface area contributed by atoms with Gasteiger partial charge in [-0.1, -0.05) is 63.6 Å². The molecule has 0 amide bonds. The summed E-state index contributed by atoms with van der Waals surface area (Å²) in [5.41, 5.74) is 0.538. The lowest BCUT2D eigenvalue weighted by molar-refractivity contribution is -0.0179. The molecule has 0 aromatic heterocycles. The second kappa shape index (κ2) is 8.56. The van der Waals surface area contributed by atoms with Crippen LogP contribution in [0.25, 0.3) is 0 Å². The average Bonchev–Trinajstić information content (AvgIpc) is 2.85. The lowest BCUT2D eigenvalue weighted by Crippen LogP contribution is -2.50. The van der Waals surface area contributed by atoms with Crippen LogP contribution in [0.5, 0.6) is 0 Å². The largest absolute Gasteiger partial charge is 0.414 e. The van der Waals surface area contributed by atoms with Gasteiger partial charge in [0.05, 0.1) is 0 Å². The monoisotopic (exact) mass is 464 g/mol. The smallest absolute Gasteiger partial charge is 0.192 e. The summed E-state index contributed by atoms with van der Waals surface area (Å²) < 4.78 is 8.23. The van der Waals surface area contributed by atoms with Gasteiger partial charge in [-0.05, 0) is 67.0 Å². The van der Waals surface area contributed by atoms with E-state index in [1.807, 2.05) is 0 Å². The molecule has 0 heterocycles. The maximum Gasteiger partial charge on any atom is 0.192 e. The fourth-order valence-corrected chi connectivity index (χ4v) is 6.90. The zero-order valence-electron chi connectivity index (χ0n) is 17.3. The van der Waals surface area contributed by atoms with Crippen molar-refractivity contribution in [3.8, 4) is 0 Å². The first kappa shape index (κ1) is 22.7. The van der Waals surface area contributed by atoms with Crippen LogP contribution in [0, 0.1) is 23.2 Å². The maximum absolute atomic E-state index is 6.92. The van der Waals surface area contributed by atoms with Gasteiger partial charge in [0.2, 0.25) is 0 Å². The molecule has 2 aliphatic rings. The van der Waals surface area contributed by atoms with Crippen LogP contribution in [0.3, 0.4) is 0 Å². The van der Waals surface area contributed by atoms with Crippen LogP contribution in [0.1, 0.15) is 66.7 Å².